The Hall–Kier alpha value is -3.47. The lowest BCUT2D eigenvalue weighted by Gasteiger charge is -2.35. The minimum Gasteiger partial charge on any atom is -0.504 e. The zero-order chi connectivity index (χ0) is 23.2. The van der Waals surface area contributed by atoms with Crippen molar-refractivity contribution in [3.63, 3.8) is 0 Å². The zero-order valence-electron chi connectivity index (χ0n) is 17.2. The van der Waals surface area contributed by atoms with Crippen molar-refractivity contribution in [1.82, 2.24) is 0 Å². The Morgan fingerprint density at radius 3 is 2.50 bits per heavy atom. The standard InChI is InChI=1S/C22H22O10/c1-9-20(27)13(25)8-18(30-9)32-22-14(26)7-17-19(21(22)28)12(24)6-15(31-17)10-3-4-11(23)16(5-10)29-2/h3-7,9,13,18,20,23,25-28H,8H2,1-2H3. The molecule has 0 amide bonds. The molecule has 0 spiro atoms. The highest BCUT2D eigenvalue weighted by atomic mass is 16.7. The van der Waals surface area contributed by atoms with E-state index >= 15 is 0 Å². The van der Waals surface area contributed by atoms with Gasteiger partial charge in [0.1, 0.15) is 22.8 Å². The minimum atomic E-state index is -1.12. The van der Waals surface area contributed by atoms with Gasteiger partial charge in [-0.25, -0.2) is 0 Å². The Labute approximate surface area is 181 Å². The van der Waals surface area contributed by atoms with Gasteiger partial charge >= 0.3 is 0 Å². The molecule has 170 valence electrons. The van der Waals surface area contributed by atoms with Crippen molar-refractivity contribution in [2.45, 2.75) is 37.9 Å². The second-order valence-corrected chi connectivity index (χ2v) is 7.49. The number of aliphatic hydroxyl groups is 2. The highest BCUT2D eigenvalue weighted by molar-refractivity contribution is 5.89. The summed E-state index contributed by atoms with van der Waals surface area (Å²) in [6.45, 7) is 1.54. The molecule has 0 saturated carbocycles. The number of phenols is 3. The number of rotatable bonds is 4. The van der Waals surface area contributed by atoms with Crippen molar-refractivity contribution in [3.8, 4) is 40.1 Å². The third-order valence-electron chi connectivity index (χ3n) is 5.32. The number of benzene rings is 2. The molecule has 10 heteroatoms. The summed E-state index contributed by atoms with van der Waals surface area (Å²) in [5.74, 6) is -1.38. The molecule has 2 heterocycles. The van der Waals surface area contributed by atoms with Crippen LogP contribution in [0.2, 0.25) is 0 Å². The lowest BCUT2D eigenvalue weighted by atomic mass is 10.0. The number of methoxy groups -OCH3 is 1. The normalized spacial score (nSPS) is 23.2. The summed E-state index contributed by atoms with van der Waals surface area (Å²) in [7, 11) is 1.38. The molecule has 1 aromatic heterocycles. The summed E-state index contributed by atoms with van der Waals surface area (Å²) in [5, 5.41) is 50.3. The minimum absolute atomic E-state index is 0.0895. The van der Waals surface area contributed by atoms with Crippen LogP contribution in [-0.4, -0.2) is 57.2 Å². The molecule has 0 radical (unpaired) electrons. The Morgan fingerprint density at radius 2 is 1.81 bits per heavy atom. The molecule has 4 unspecified atom stereocenters. The van der Waals surface area contributed by atoms with Gasteiger partial charge in [0, 0.05) is 24.1 Å². The fourth-order valence-electron chi connectivity index (χ4n) is 3.59. The van der Waals surface area contributed by atoms with E-state index in [4.69, 9.17) is 18.6 Å². The number of hydrogen-bond donors (Lipinski definition) is 5. The third kappa shape index (κ3) is 3.79. The van der Waals surface area contributed by atoms with Gasteiger partial charge in [-0.2, -0.15) is 0 Å². The van der Waals surface area contributed by atoms with E-state index in [2.05, 4.69) is 0 Å². The monoisotopic (exact) mass is 446 g/mol. The average Bonchev–Trinajstić information content (AvgIpc) is 2.74. The van der Waals surface area contributed by atoms with Gasteiger partial charge in [0.2, 0.25) is 12.0 Å². The first-order chi connectivity index (χ1) is 15.2. The van der Waals surface area contributed by atoms with Crippen molar-refractivity contribution in [1.29, 1.82) is 0 Å². The van der Waals surface area contributed by atoms with Crippen LogP contribution in [0.4, 0.5) is 0 Å². The number of fused-ring (bicyclic) bond motifs is 1. The van der Waals surface area contributed by atoms with E-state index in [1.807, 2.05) is 0 Å². The lowest BCUT2D eigenvalue weighted by Crippen LogP contribution is -2.48. The summed E-state index contributed by atoms with van der Waals surface area (Å²) in [4.78, 5) is 12.8. The van der Waals surface area contributed by atoms with Gasteiger partial charge in [-0.05, 0) is 25.1 Å². The molecular formula is C22H22O10. The van der Waals surface area contributed by atoms with Gasteiger partial charge < -0.3 is 44.2 Å². The van der Waals surface area contributed by atoms with Gasteiger partial charge in [-0.15, -0.1) is 0 Å². The molecule has 3 aromatic rings. The number of ether oxygens (including phenoxy) is 3. The van der Waals surface area contributed by atoms with E-state index in [-0.39, 0.29) is 34.6 Å². The van der Waals surface area contributed by atoms with Crippen molar-refractivity contribution >= 4 is 11.0 Å². The second-order valence-electron chi connectivity index (χ2n) is 7.49. The van der Waals surface area contributed by atoms with Crippen LogP contribution in [0, 0.1) is 0 Å². The SMILES string of the molecule is COc1cc(-c2cc(=O)c3c(O)c(OC4CC(O)C(O)C(C)O4)c(O)cc3o2)ccc1O. The van der Waals surface area contributed by atoms with Crippen LogP contribution >= 0.6 is 0 Å². The molecule has 1 aliphatic rings. The van der Waals surface area contributed by atoms with Crippen molar-refractivity contribution < 1.29 is 44.2 Å². The van der Waals surface area contributed by atoms with Gasteiger partial charge in [0.05, 0.1) is 19.3 Å². The Bertz CT molecular complexity index is 1210. The van der Waals surface area contributed by atoms with Gasteiger partial charge in [0.25, 0.3) is 0 Å². The fraction of sp³-hybridized carbons (Fsp3) is 0.318. The van der Waals surface area contributed by atoms with Crippen LogP contribution in [-0.2, 0) is 4.74 Å². The molecule has 5 N–H and O–H groups in total. The van der Waals surface area contributed by atoms with Crippen LogP contribution in [0.15, 0.2) is 39.5 Å². The molecule has 4 atom stereocenters. The van der Waals surface area contributed by atoms with E-state index < -0.39 is 47.3 Å². The second kappa shape index (κ2) is 8.23. The Morgan fingerprint density at radius 1 is 1.06 bits per heavy atom. The maximum absolute atomic E-state index is 12.8. The maximum atomic E-state index is 12.8. The van der Waals surface area contributed by atoms with E-state index in [1.165, 1.54) is 32.2 Å². The Kier molecular flexibility index (Phi) is 5.59. The summed E-state index contributed by atoms with van der Waals surface area (Å²) in [6.07, 6.45) is -4.16. The maximum Gasteiger partial charge on any atom is 0.207 e. The van der Waals surface area contributed by atoms with Gasteiger partial charge in [0.15, 0.2) is 28.4 Å². The molecule has 32 heavy (non-hydrogen) atoms. The molecule has 0 bridgehead atoms. The summed E-state index contributed by atoms with van der Waals surface area (Å²) in [6, 6.07) is 6.62. The molecule has 4 rings (SSSR count). The van der Waals surface area contributed by atoms with Crippen LogP contribution in [0.25, 0.3) is 22.3 Å². The summed E-state index contributed by atoms with van der Waals surface area (Å²) < 4.78 is 21.7. The predicted molar refractivity (Wildman–Crippen MR) is 111 cm³/mol. The van der Waals surface area contributed by atoms with Gasteiger partial charge in [-0.3, -0.25) is 4.79 Å². The number of phenolic OH excluding ortho intramolecular Hbond substituents is 3. The van der Waals surface area contributed by atoms with Crippen molar-refractivity contribution in [2.24, 2.45) is 0 Å². The molecular weight excluding hydrogens is 424 g/mol. The van der Waals surface area contributed by atoms with E-state index in [1.54, 1.807) is 0 Å². The lowest BCUT2D eigenvalue weighted by molar-refractivity contribution is -0.217. The van der Waals surface area contributed by atoms with E-state index in [0.717, 1.165) is 12.1 Å². The predicted octanol–water partition coefficient (Wildman–Crippen LogP) is 1.82. The molecule has 1 fully saturated rings. The molecule has 2 aromatic carbocycles. The van der Waals surface area contributed by atoms with Gasteiger partial charge in [-0.1, -0.05) is 0 Å². The number of aliphatic hydroxyl groups excluding tert-OH is 2. The largest absolute Gasteiger partial charge is 0.504 e. The summed E-state index contributed by atoms with van der Waals surface area (Å²) in [5.41, 5.74) is -0.283. The topological polar surface area (TPSA) is 159 Å². The van der Waals surface area contributed by atoms with Crippen LogP contribution in [0.5, 0.6) is 28.7 Å². The number of hydrogen-bond acceptors (Lipinski definition) is 10. The first kappa shape index (κ1) is 21.8. The van der Waals surface area contributed by atoms with Crippen LogP contribution < -0.4 is 14.9 Å². The molecule has 1 saturated heterocycles. The van der Waals surface area contributed by atoms with Crippen LogP contribution in [0.3, 0.4) is 0 Å². The molecule has 10 nitrogen and oxygen atoms in total. The van der Waals surface area contributed by atoms with E-state index in [9.17, 15) is 30.3 Å². The Balaban J connectivity index is 1.74. The average molecular weight is 446 g/mol. The quantitative estimate of drug-likeness (QED) is 0.400. The smallest absolute Gasteiger partial charge is 0.207 e. The van der Waals surface area contributed by atoms with E-state index in [0.29, 0.717) is 5.56 Å². The highest BCUT2D eigenvalue weighted by Crippen LogP contribution is 2.43. The zero-order valence-corrected chi connectivity index (χ0v) is 17.2. The van der Waals surface area contributed by atoms with Crippen molar-refractivity contribution in [2.75, 3.05) is 7.11 Å². The third-order valence-corrected chi connectivity index (χ3v) is 5.32. The fourth-order valence-corrected chi connectivity index (χ4v) is 3.59. The first-order valence-electron chi connectivity index (χ1n) is 9.78. The highest BCUT2D eigenvalue weighted by Gasteiger charge is 2.36. The molecule has 0 aliphatic carbocycles. The van der Waals surface area contributed by atoms with Crippen molar-refractivity contribution in [3.05, 3.63) is 40.6 Å². The van der Waals surface area contributed by atoms with Crippen LogP contribution in [0.1, 0.15) is 13.3 Å². The summed E-state index contributed by atoms with van der Waals surface area (Å²) >= 11 is 0. The number of aromatic hydroxyl groups is 3. The first-order valence-corrected chi connectivity index (χ1v) is 9.78. The molecule has 1 aliphatic heterocycles.